The molecule has 2 rings (SSSR count). The number of anilines is 3. The zero-order chi connectivity index (χ0) is 14.9. The van der Waals surface area contributed by atoms with Crippen molar-refractivity contribution in [1.29, 1.82) is 0 Å². The van der Waals surface area contributed by atoms with Crippen LogP contribution in [-0.4, -0.2) is 5.21 Å². The second-order valence-corrected chi connectivity index (χ2v) is 4.68. The first-order valence-corrected chi connectivity index (χ1v) is 6.03. The van der Waals surface area contributed by atoms with Crippen LogP contribution in [0.15, 0.2) is 28.7 Å². The van der Waals surface area contributed by atoms with Crippen molar-refractivity contribution in [1.82, 2.24) is 0 Å². The molecule has 0 bridgehead atoms. The number of nitrogens with one attached hydrogen (secondary N) is 2. The van der Waals surface area contributed by atoms with Gasteiger partial charge in [-0.2, -0.15) is 0 Å². The minimum Gasteiger partial charge on any atom is -0.349 e. The van der Waals surface area contributed by atoms with E-state index in [1.165, 1.54) is 17.6 Å². The number of halogens is 5. The van der Waals surface area contributed by atoms with Crippen LogP contribution in [0.3, 0.4) is 0 Å². The first kappa shape index (κ1) is 14.6. The van der Waals surface area contributed by atoms with Crippen LogP contribution < -0.4 is 10.8 Å². The Morgan fingerprint density at radius 1 is 0.900 bits per heavy atom. The first-order valence-electron chi connectivity index (χ1n) is 5.23. The fourth-order valence-corrected chi connectivity index (χ4v) is 1.88. The van der Waals surface area contributed by atoms with Gasteiger partial charge in [-0.3, -0.25) is 10.7 Å². The lowest BCUT2D eigenvalue weighted by atomic mass is 10.2. The van der Waals surface area contributed by atoms with Crippen LogP contribution in [0.4, 0.5) is 34.6 Å². The van der Waals surface area contributed by atoms with Crippen LogP contribution in [0.1, 0.15) is 0 Å². The van der Waals surface area contributed by atoms with Gasteiger partial charge in [0, 0.05) is 10.5 Å². The average molecular weight is 351 g/mol. The first-order chi connectivity index (χ1) is 9.43. The molecule has 0 unspecified atom stereocenters. The molecule has 0 heterocycles. The summed E-state index contributed by atoms with van der Waals surface area (Å²) >= 11 is 3.03. The number of hydrogen-bond donors (Lipinski definition) is 3. The van der Waals surface area contributed by atoms with E-state index in [2.05, 4.69) is 21.2 Å². The molecule has 0 saturated heterocycles. The van der Waals surface area contributed by atoms with Gasteiger partial charge in [-0.05, 0) is 18.2 Å². The Bertz CT molecular complexity index is 666. The van der Waals surface area contributed by atoms with Gasteiger partial charge in [0.05, 0.1) is 5.69 Å². The summed E-state index contributed by atoms with van der Waals surface area (Å²) in [5.74, 6) is -4.93. The molecular formula is C12H7BrF4N2O. The SMILES string of the molecule is ONc1c(F)cc(F)c(F)c1Nc1ccc(Br)cc1F. The van der Waals surface area contributed by atoms with Gasteiger partial charge in [-0.1, -0.05) is 15.9 Å². The van der Waals surface area contributed by atoms with Gasteiger partial charge in [0.1, 0.15) is 17.2 Å². The van der Waals surface area contributed by atoms with Crippen molar-refractivity contribution in [3.05, 3.63) is 52.0 Å². The van der Waals surface area contributed by atoms with E-state index < -0.39 is 34.6 Å². The van der Waals surface area contributed by atoms with Crippen LogP contribution >= 0.6 is 15.9 Å². The predicted molar refractivity (Wildman–Crippen MR) is 69.1 cm³/mol. The molecule has 0 amide bonds. The highest BCUT2D eigenvalue weighted by Crippen LogP contribution is 2.33. The highest BCUT2D eigenvalue weighted by Gasteiger charge is 2.19. The summed E-state index contributed by atoms with van der Waals surface area (Å²) in [6.45, 7) is 0. The molecule has 0 aliphatic rings. The highest BCUT2D eigenvalue weighted by atomic mass is 79.9. The maximum atomic E-state index is 13.6. The second kappa shape index (κ2) is 5.68. The van der Waals surface area contributed by atoms with E-state index in [-0.39, 0.29) is 11.8 Å². The quantitative estimate of drug-likeness (QED) is 0.432. The van der Waals surface area contributed by atoms with Gasteiger partial charge >= 0.3 is 0 Å². The zero-order valence-electron chi connectivity index (χ0n) is 9.65. The van der Waals surface area contributed by atoms with Gasteiger partial charge in [-0.15, -0.1) is 0 Å². The van der Waals surface area contributed by atoms with Crippen molar-refractivity contribution in [2.75, 3.05) is 10.8 Å². The second-order valence-electron chi connectivity index (χ2n) is 3.77. The third-order valence-electron chi connectivity index (χ3n) is 2.47. The molecule has 20 heavy (non-hydrogen) atoms. The molecule has 3 N–H and O–H groups in total. The van der Waals surface area contributed by atoms with Crippen molar-refractivity contribution < 1.29 is 22.8 Å². The fraction of sp³-hybridized carbons (Fsp3) is 0. The normalized spacial score (nSPS) is 10.5. The van der Waals surface area contributed by atoms with Crippen molar-refractivity contribution >= 4 is 33.0 Å². The van der Waals surface area contributed by atoms with Crippen molar-refractivity contribution in [2.45, 2.75) is 0 Å². The minimum absolute atomic E-state index is 0.214. The summed E-state index contributed by atoms with van der Waals surface area (Å²) in [5.41, 5.74) is -0.282. The van der Waals surface area contributed by atoms with Crippen LogP contribution in [0.5, 0.6) is 0 Å². The van der Waals surface area contributed by atoms with Crippen molar-refractivity contribution in [3.63, 3.8) is 0 Å². The van der Waals surface area contributed by atoms with Crippen molar-refractivity contribution in [2.24, 2.45) is 0 Å². The predicted octanol–water partition coefficient (Wildman–Crippen LogP) is 4.55. The Balaban J connectivity index is 2.52. The molecule has 0 aliphatic heterocycles. The van der Waals surface area contributed by atoms with Gasteiger partial charge in [-0.25, -0.2) is 17.6 Å². The lowest BCUT2D eigenvalue weighted by molar-refractivity contribution is 0.382. The largest absolute Gasteiger partial charge is 0.349 e. The topological polar surface area (TPSA) is 44.3 Å². The fourth-order valence-electron chi connectivity index (χ4n) is 1.55. The molecule has 0 aromatic heterocycles. The Morgan fingerprint density at radius 2 is 1.60 bits per heavy atom. The third kappa shape index (κ3) is 2.70. The minimum atomic E-state index is -1.47. The van der Waals surface area contributed by atoms with Crippen LogP contribution in [0.25, 0.3) is 0 Å². The number of benzene rings is 2. The molecule has 106 valence electrons. The standard InChI is InChI=1S/C12H7BrF4N2O/c13-5-1-2-9(6(14)3-5)18-12-10(17)7(15)4-8(16)11(12)19-20/h1-4,18-20H. The summed E-state index contributed by atoms with van der Waals surface area (Å²) in [7, 11) is 0. The molecule has 0 saturated carbocycles. The summed E-state index contributed by atoms with van der Waals surface area (Å²) < 4.78 is 54.2. The smallest absolute Gasteiger partial charge is 0.184 e. The molecule has 0 atom stereocenters. The summed E-state index contributed by atoms with van der Waals surface area (Å²) in [6.07, 6.45) is 0. The number of hydrogen-bond acceptors (Lipinski definition) is 3. The molecule has 0 fully saturated rings. The molecular weight excluding hydrogens is 344 g/mol. The number of rotatable bonds is 3. The highest BCUT2D eigenvalue weighted by molar-refractivity contribution is 9.10. The molecule has 2 aromatic rings. The summed E-state index contributed by atoms with van der Waals surface area (Å²) in [6, 6.07) is 4.03. The van der Waals surface area contributed by atoms with Crippen molar-refractivity contribution in [3.8, 4) is 0 Å². The maximum Gasteiger partial charge on any atom is 0.184 e. The molecule has 0 spiro atoms. The Labute approximate surface area is 119 Å². The molecule has 8 heteroatoms. The molecule has 0 aliphatic carbocycles. The summed E-state index contributed by atoms with van der Waals surface area (Å²) in [5, 5.41) is 11.0. The summed E-state index contributed by atoms with van der Waals surface area (Å²) in [4.78, 5) is 0. The monoisotopic (exact) mass is 350 g/mol. The zero-order valence-corrected chi connectivity index (χ0v) is 11.2. The van der Waals surface area contributed by atoms with Gasteiger partial charge in [0.2, 0.25) is 0 Å². The molecule has 2 aromatic carbocycles. The van der Waals surface area contributed by atoms with E-state index in [9.17, 15) is 17.6 Å². The van der Waals surface area contributed by atoms with E-state index >= 15 is 0 Å². The average Bonchev–Trinajstić information content (AvgIpc) is 2.38. The van der Waals surface area contributed by atoms with E-state index in [4.69, 9.17) is 5.21 Å². The van der Waals surface area contributed by atoms with Gasteiger partial charge in [0.15, 0.2) is 17.5 Å². The Morgan fingerprint density at radius 3 is 2.20 bits per heavy atom. The Hall–Kier alpha value is -1.80. The Kier molecular flexibility index (Phi) is 4.15. The van der Waals surface area contributed by atoms with Crippen LogP contribution in [-0.2, 0) is 0 Å². The lowest BCUT2D eigenvalue weighted by Gasteiger charge is -2.14. The van der Waals surface area contributed by atoms with Gasteiger partial charge in [0.25, 0.3) is 0 Å². The van der Waals surface area contributed by atoms with Crippen LogP contribution in [0.2, 0.25) is 0 Å². The molecule has 3 nitrogen and oxygen atoms in total. The lowest BCUT2D eigenvalue weighted by Crippen LogP contribution is -2.06. The van der Waals surface area contributed by atoms with Crippen LogP contribution in [0, 0.1) is 23.3 Å². The third-order valence-corrected chi connectivity index (χ3v) is 2.97. The van der Waals surface area contributed by atoms with E-state index in [0.29, 0.717) is 4.47 Å². The van der Waals surface area contributed by atoms with E-state index in [0.717, 1.165) is 6.07 Å². The van der Waals surface area contributed by atoms with Gasteiger partial charge < -0.3 is 5.32 Å². The van der Waals surface area contributed by atoms with E-state index in [1.54, 1.807) is 0 Å². The van der Waals surface area contributed by atoms with E-state index in [1.807, 2.05) is 0 Å². The maximum absolute atomic E-state index is 13.6. The molecule has 0 radical (unpaired) electrons.